The van der Waals surface area contributed by atoms with Crippen molar-refractivity contribution in [1.29, 1.82) is 0 Å². The maximum Gasteiger partial charge on any atom is 0.255 e. The summed E-state index contributed by atoms with van der Waals surface area (Å²) in [5.41, 5.74) is 3.95. The fraction of sp³-hybridized carbons (Fsp3) is 0.267. The van der Waals surface area contributed by atoms with Crippen molar-refractivity contribution in [1.82, 2.24) is 4.90 Å². The van der Waals surface area contributed by atoms with Gasteiger partial charge in [0.05, 0.1) is 10.6 Å². The molecule has 0 N–H and O–H groups in total. The van der Waals surface area contributed by atoms with Crippen molar-refractivity contribution in [2.75, 3.05) is 49.1 Å². The van der Waals surface area contributed by atoms with Crippen molar-refractivity contribution in [3.8, 4) is 0 Å². The van der Waals surface area contributed by atoms with Crippen LogP contribution in [0.4, 0.5) is 11.4 Å². The number of rotatable bonds is 7. The van der Waals surface area contributed by atoms with E-state index in [1.165, 1.54) is 0 Å². The second-order valence-electron chi connectivity index (χ2n) is 9.14. The average molecular weight is 516 g/mol. The number of furan rings is 1. The molecule has 1 aliphatic heterocycles. The summed E-state index contributed by atoms with van der Waals surface area (Å²) in [6.07, 6.45) is 0. The third-order valence-corrected chi connectivity index (χ3v) is 7.35. The molecule has 7 heteroatoms. The molecule has 0 saturated carbocycles. The Hall–Kier alpha value is -3.77. The zero-order valence-corrected chi connectivity index (χ0v) is 21.9. The lowest BCUT2D eigenvalue weighted by atomic mass is 10.1. The summed E-state index contributed by atoms with van der Waals surface area (Å²) in [6, 6.07) is 22.6. The van der Waals surface area contributed by atoms with Gasteiger partial charge in [-0.1, -0.05) is 23.7 Å². The first-order valence-corrected chi connectivity index (χ1v) is 13.1. The van der Waals surface area contributed by atoms with E-state index in [1.807, 2.05) is 59.5 Å². The zero-order valence-electron chi connectivity index (χ0n) is 21.1. The Morgan fingerprint density at radius 1 is 0.892 bits per heavy atom. The summed E-state index contributed by atoms with van der Waals surface area (Å²) in [5, 5.41) is 1.39. The van der Waals surface area contributed by atoms with Crippen LogP contribution in [0.15, 0.2) is 77.2 Å². The Bertz CT molecular complexity index is 1420. The SMILES string of the molecule is CCN(CC)c1ccc2cc(C(=O)c3ccc(N4CCN(C(=O)c5ccccc5Cl)CC4)cc3)oc2c1. The van der Waals surface area contributed by atoms with Gasteiger partial charge in [0.15, 0.2) is 5.76 Å². The minimum absolute atomic E-state index is 0.0405. The van der Waals surface area contributed by atoms with Gasteiger partial charge in [-0.2, -0.15) is 0 Å². The number of halogens is 1. The molecule has 1 amide bonds. The fourth-order valence-electron chi connectivity index (χ4n) is 4.86. The number of carbonyl (C=O) groups is 2. The standard InChI is InChI=1S/C30H30ClN3O3/c1-3-32(4-2)24-14-11-22-19-28(37-27(22)20-24)29(35)21-9-12-23(13-10-21)33-15-17-34(18-16-33)30(36)25-7-5-6-8-26(25)31/h5-14,19-20H,3-4,15-18H2,1-2H3. The monoisotopic (exact) mass is 515 g/mol. The first kappa shape index (κ1) is 24.9. The van der Waals surface area contributed by atoms with E-state index in [-0.39, 0.29) is 11.7 Å². The number of benzene rings is 3. The van der Waals surface area contributed by atoms with E-state index in [4.69, 9.17) is 16.0 Å². The van der Waals surface area contributed by atoms with Gasteiger partial charge in [0.25, 0.3) is 5.91 Å². The van der Waals surface area contributed by atoms with Gasteiger partial charge in [-0.05, 0) is 68.4 Å². The van der Waals surface area contributed by atoms with Crippen LogP contribution in [-0.4, -0.2) is 55.9 Å². The minimum Gasteiger partial charge on any atom is -0.452 e. The Balaban J connectivity index is 1.24. The summed E-state index contributed by atoms with van der Waals surface area (Å²) < 4.78 is 5.96. The van der Waals surface area contributed by atoms with Crippen molar-refractivity contribution in [2.45, 2.75) is 13.8 Å². The molecule has 0 atom stereocenters. The number of hydrogen-bond acceptors (Lipinski definition) is 5. The number of hydrogen-bond donors (Lipinski definition) is 0. The van der Waals surface area contributed by atoms with Gasteiger partial charge in [-0.3, -0.25) is 9.59 Å². The maximum atomic E-state index is 13.1. The smallest absolute Gasteiger partial charge is 0.255 e. The molecule has 4 aromatic rings. The first-order valence-electron chi connectivity index (χ1n) is 12.7. The van der Waals surface area contributed by atoms with Gasteiger partial charge in [0.1, 0.15) is 5.58 Å². The quantitative estimate of drug-likeness (QED) is 0.277. The third kappa shape index (κ3) is 5.07. The Labute approximate surface area is 222 Å². The molecule has 5 rings (SSSR count). The topological polar surface area (TPSA) is 57.0 Å². The van der Waals surface area contributed by atoms with E-state index < -0.39 is 0 Å². The summed E-state index contributed by atoms with van der Waals surface area (Å²) in [4.78, 5) is 32.3. The molecule has 0 radical (unpaired) electrons. The van der Waals surface area contributed by atoms with E-state index in [0.717, 1.165) is 29.9 Å². The van der Waals surface area contributed by atoms with Gasteiger partial charge in [0, 0.05) is 67.7 Å². The van der Waals surface area contributed by atoms with Crippen LogP contribution in [0.5, 0.6) is 0 Å². The van der Waals surface area contributed by atoms with Crippen LogP contribution in [0.3, 0.4) is 0 Å². The van der Waals surface area contributed by atoms with Crippen molar-refractivity contribution < 1.29 is 14.0 Å². The summed E-state index contributed by atoms with van der Waals surface area (Å²) in [6.45, 7) is 8.70. The van der Waals surface area contributed by atoms with Crippen molar-refractivity contribution in [3.05, 3.63) is 94.7 Å². The van der Waals surface area contributed by atoms with Gasteiger partial charge in [0.2, 0.25) is 5.78 Å². The summed E-state index contributed by atoms with van der Waals surface area (Å²) >= 11 is 6.21. The number of nitrogens with zero attached hydrogens (tertiary/aromatic N) is 3. The molecule has 0 spiro atoms. The van der Waals surface area contributed by atoms with Gasteiger partial charge < -0.3 is 19.1 Å². The summed E-state index contributed by atoms with van der Waals surface area (Å²) in [5.74, 6) is 0.162. The average Bonchev–Trinajstić information content (AvgIpc) is 3.37. The number of ketones is 1. The van der Waals surface area contributed by atoms with E-state index in [9.17, 15) is 9.59 Å². The second kappa shape index (κ2) is 10.7. The van der Waals surface area contributed by atoms with Crippen molar-refractivity contribution in [3.63, 3.8) is 0 Å². The predicted molar refractivity (Wildman–Crippen MR) is 149 cm³/mol. The Kier molecular flexibility index (Phi) is 7.19. The van der Waals surface area contributed by atoms with E-state index in [2.05, 4.69) is 29.7 Å². The number of carbonyl (C=O) groups excluding carboxylic acids is 2. The number of piperazine rings is 1. The molecular formula is C30H30ClN3O3. The molecule has 1 saturated heterocycles. The normalized spacial score (nSPS) is 13.7. The van der Waals surface area contributed by atoms with Crippen LogP contribution in [0, 0.1) is 0 Å². The molecular weight excluding hydrogens is 486 g/mol. The lowest BCUT2D eigenvalue weighted by Gasteiger charge is -2.36. The molecule has 1 fully saturated rings. The van der Waals surface area contributed by atoms with E-state index in [1.54, 1.807) is 12.1 Å². The van der Waals surface area contributed by atoms with Gasteiger partial charge >= 0.3 is 0 Å². The van der Waals surface area contributed by atoms with Crippen molar-refractivity contribution in [2.24, 2.45) is 0 Å². The Morgan fingerprint density at radius 2 is 1.59 bits per heavy atom. The van der Waals surface area contributed by atoms with Gasteiger partial charge in [-0.15, -0.1) is 0 Å². The predicted octanol–water partition coefficient (Wildman–Crippen LogP) is 6.13. The highest BCUT2D eigenvalue weighted by Gasteiger charge is 2.24. The van der Waals surface area contributed by atoms with Crippen LogP contribution in [0.2, 0.25) is 5.02 Å². The van der Waals surface area contributed by atoms with Crippen LogP contribution in [-0.2, 0) is 0 Å². The molecule has 0 unspecified atom stereocenters. The van der Waals surface area contributed by atoms with E-state index >= 15 is 0 Å². The molecule has 37 heavy (non-hydrogen) atoms. The fourth-order valence-corrected chi connectivity index (χ4v) is 5.07. The molecule has 6 nitrogen and oxygen atoms in total. The summed E-state index contributed by atoms with van der Waals surface area (Å²) in [7, 11) is 0. The lowest BCUT2D eigenvalue weighted by molar-refractivity contribution is 0.0746. The molecule has 0 bridgehead atoms. The van der Waals surface area contributed by atoms with Crippen LogP contribution >= 0.6 is 11.6 Å². The number of fused-ring (bicyclic) bond motifs is 1. The maximum absolute atomic E-state index is 13.1. The third-order valence-electron chi connectivity index (χ3n) is 7.02. The highest BCUT2D eigenvalue weighted by molar-refractivity contribution is 6.33. The molecule has 3 aromatic carbocycles. The highest BCUT2D eigenvalue weighted by atomic mass is 35.5. The molecule has 1 aromatic heterocycles. The molecule has 0 aliphatic carbocycles. The minimum atomic E-state index is -0.137. The van der Waals surface area contributed by atoms with Gasteiger partial charge in [-0.25, -0.2) is 0 Å². The van der Waals surface area contributed by atoms with Crippen LogP contribution < -0.4 is 9.80 Å². The largest absolute Gasteiger partial charge is 0.452 e. The van der Waals surface area contributed by atoms with Crippen molar-refractivity contribution >= 4 is 45.6 Å². The molecule has 1 aliphatic rings. The Morgan fingerprint density at radius 3 is 2.27 bits per heavy atom. The van der Waals surface area contributed by atoms with Crippen LogP contribution in [0.1, 0.15) is 40.3 Å². The van der Waals surface area contributed by atoms with Crippen LogP contribution in [0.25, 0.3) is 11.0 Å². The first-order chi connectivity index (χ1) is 18.0. The lowest BCUT2D eigenvalue weighted by Crippen LogP contribution is -2.48. The molecule has 190 valence electrons. The zero-order chi connectivity index (χ0) is 25.9. The number of amides is 1. The second-order valence-corrected chi connectivity index (χ2v) is 9.55. The van der Waals surface area contributed by atoms with E-state index in [0.29, 0.717) is 53.7 Å². The molecule has 2 heterocycles. The number of anilines is 2. The highest BCUT2D eigenvalue weighted by Crippen LogP contribution is 2.27.